The third-order valence-corrected chi connectivity index (χ3v) is 5.64. The molecule has 0 bridgehead atoms. The van der Waals surface area contributed by atoms with Crippen molar-refractivity contribution in [2.24, 2.45) is 20.0 Å². The van der Waals surface area contributed by atoms with Gasteiger partial charge in [-0.25, -0.2) is 0 Å². The van der Waals surface area contributed by atoms with Gasteiger partial charge < -0.3 is 9.30 Å². The third-order valence-electron chi connectivity index (χ3n) is 4.96. The van der Waals surface area contributed by atoms with Crippen molar-refractivity contribution >= 4 is 22.7 Å². The molecular formula is C20H23N3O2S. The van der Waals surface area contributed by atoms with Gasteiger partial charge in [-0.3, -0.25) is 9.48 Å². The number of fused-ring (bicyclic) bond motifs is 1. The van der Waals surface area contributed by atoms with E-state index in [1.165, 1.54) is 12.8 Å². The smallest absolute Gasteiger partial charge is 0.253 e. The second-order valence-corrected chi connectivity index (χ2v) is 7.88. The summed E-state index contributed by atoms with van der Waals surface area (Å²) >= 11 is 1.64. The van der Waals surface area contributed by atoms with Crippen LogP contribution in [0, 0.1) is 12.8 Å². The minimum atomic E-state index is 0.0291. The van der Waals surface area contributed by atoms with Gasteiger partial charge in [0.2, 0.25) is 0 Å². The number of hydrogen-bond donors (Lipinski definition) is 0. The van der Waals surface area contributed by atoms with E-state index in [0.29, 0.717) is 5.92 Å². The molecule has 6 heteroatoms. The fourth-order valence-electron chi connectivity index (χ4n) is 3.27. The second-order valence-electron chi connectivity index (χ2n) is 7.08. The number of hydrogen-bond acceptors (Lipinski definition) is 4. The fourth-order valence-corrected chi connectivity index (χ4v) is 3.85. The summed E-state index contributed by atoms with van der Waals surface area (Å²) in [5.41, 5.74) is 3.83. The van der Waals surface area contributed by atoms with E-state index in [-0.39, 0.29) is 5.56 Å². The molecule has 136 valence electrons. The second kappa shape index (κ2) is 6.50. The van der Waals surface area contributed by atoms with Crippen LogP contribution in [0.2, 0.25) is 0 Å². The van der Waals surface area contributed by atoms with Crippen LogP contribution >= 0.6 is 11.8 Å². The SMILES string of the molecule is CSc1nn(C)c2cc(OCC3CC3)c(-c3cc(C)c(=O)n(C)c3)cc12. The Bertz CT molecular complexity index is 1020. The highest BCUT2D eigenvalue weighted by Crippen LogP contribution is 2.38. The zero-order valence-electron chi connectivity index (χ0n) is 15.6. The molecule has 1 aromatic carbocycles. The van der Waals surface area contributed by atoms with Crippen LogP contribution < -0.4 is 10.3 Å². The van der Waals surface area contributed by atoms with Gasteiger partial charge in [0, 0.05) is 48.4 Å². The Balaban J connectivity index is 1.92. The van der Waals surface area contributed by atoms with Crippen LogP contribution in [-0.2, 0) is 14.1 Å². The Kier molecular flexibility index (Phi) is 4.31. The van der Waals surface area contributed by atoms with Crippen molar-refractivity contribution in [1.82, 2.24) is 14.3 Å². The number of pyridine rings is 1. The summed E-state index contributed by atoms with van der Waals surface area (Å²) in [6.45, 7) is 2.60. The standard InChI is InChI=1S/C20H23N3O2S/c1-12-7-14(10-22(2)20(12)24)15-8-16-17(23(3)21-19(16)26-4)9-18(15)25-11-13-5-6-13/h7-10,13H,5-6,11H2,1-4H3. The topological polar surface area (TPSA) is 49.1 Å². The van der Waals surface area contributed by atoms with Crippen molar-refractivity contribution in [3.8, 4) is 16.9 Å². The molecule has 1 saturated carbocycles. The molecule has 5 nitrogen and oxygen atoms in total. The van der Waals surface area contributed by atoms with Gasteiger partial charge in [0.1, 0.15) is 10.8 Å². The van der Waals surface area contributed by atoms with Gasteiger partial charge >= 0.3 is 0 Å². The van der Waals surface area contributed by atoms with Crippen LogP contribution in [0.15, 0.2) is 34.2 Å². The molecule has 0 unspecified atom stereocenters. The summed E-state index contributed by atoms with van der Waals surface area (Å²) in [5.74, 6) is 1.53. The van der Waals surface area contributed by atoms with E-state index in [9.17, 15) is 4.79 Å². The first kappa shape index (κ1) is 17.2. The van der Waals surface area contributed by atoms with Gasteiger partial charge in [0.05, 0.1) is 12.1 Å². The highest BCUT2D eigenvalue weighted by molar-refractivity contribution is 7.98. The van der Waals surface area contributed by atoms with E-state index in [0.717, 1.165) is 45.0 Å². The lowest BCUT2D eigenvalue weighted by atomic mass is 10.0. The number of aryl methyl sites for hydroxylation is 3. The molecule has 1 aliphatic rings. The molecule has 1 aliphatic carbocycles. The molecule has 1 fully saturated rings. The number of aromatic nitrogens is 3. The number of nitrogens with zero attached hydrogens (tertiary/aromatic N) is 3. The predicted octanol–water partition coefficient (Wildman–Crippen LogP) is 3.76. The van der Waals surface area contributed by atoms with Crippen LogP contribution in [0.4, 0.5) is 0 Å². The number of thioether (sulfide) groups is 1. The lowest BCUT2D eigenvalue weighted by molar-refractivity contribution is 0.301. The Hall–Kier alpha value is -2.21. The molecule has 0 radical (unpaired) electrons. The van der Waals surface area contributed by atoms with E-state index in [1.807, 2.05) is 37.2 Å². The van der Waals surface area contributed by atoms with Crippen LogP contribution in [-0.4, -0.2) is 27.2 Å². The highest BCUT2D eigenvalue weighted by atomic mass is 32.2. The van der Waals surface area contributed by atoms with Gasteiger partial charge in [0.15, 0.2) is 0 Å². The summed E-state index contributed by atoms with van der Waals surface area (Å²) in [5, 5.41) is 6.72. The minimum Gasteiger partial charge on any atom is -0.493 e. The molecule has 0 spiro atoms. The van der Waals surface area contributed by atoms with Crippen LogP contribution in [0.3, 0.4) is 0 Å². The number of rotatable bonds is 5. The lowest BCUT2D eigenvalue weighted by Crippen LogP contribution is -2.18. The Morgan fingerprint density at radius 3 is 2.69 bits per heavy atom. The molecule has 0 N–H and O–H groups in total. The largest absolute Gasteiger partial charge is 0.493 e. The van der Waals surface area contributed by atoms with Gasteiger partial charge in [-0.1, -0.05) is 0 Å². The predicted molar refractivity (Wildman–Crippen MR) is 106 cm³/mol. The van der Waals surface area contributed by atoms with Crippen LogP contribution in [0.5, 0.6) is 5.75 Å². The molecule has 3 aromatic rings. The maximum Gasteiger partial charge on any atom is 0.253 e. The van der Waals surface area contributed by atoms with Gasteiger partial charge in [-0.05, 0) is 44.1 Å². The van der Waals surface area contributed by atoms with Crippen molar-refractivity contribution < 1.29 is 4.74 Å². The van der Waals surface area contributed by atoms with Gasteiger partial charge in [-0.15, -0.1) is 11.8 Å². The zero-order chi connectivity index (χ0) is 18.4. The first-order chi connectivity index (χ1) is 12.5. The van der Waals surface area contributed by atoms with Crippen molar-refractivity contribution in [2.75, 3.05) is 12.9 Å². The zero-order valence-corrected chi connectivity index (χ0v) is 16.4. The molecule has 2 aromatic heterocycles. The van der Waals surface area contributed by atoms with E-state index in [4.69, 9.17) is 4.74 Å². The quantitative estimate of drug-likeness (QED) is 0.643. The van der Waals surface area contributed by atoms with Crippen LogP contribution in [0.25, 0.3) is 22.0 Å². The van der Waals surface area contributed by atoms with Crippen molar-refractivity contribution in [1.29, 1.82) is 0 Å². The van der Waals surface area contributed by atoms with Crippen molar-refractivity contribution in [3.63, 3.8) is 0 Å². The summed E-state index contributed by atoms with van der Waals surface area (Å²) in [4.78, 5) is 12.1. The summed E-state index contributed by atoms with van der Waals surface area (Å²) in [6, 6.07) is 6.18. The maximum absolute atomic E-state index is 12.1. The van der Waals surface area contributed by atoms with Gasteiger partial charge in [0.25, 0.3) is 5.56 Å². The summed E-state index contributed by atoms with van der Waals surface area (Å²) in [6.07, 6.45) is 6.42. The van der Waals surface area contributed by atoms with E-state index in [2.05, 4.69) is 17.2 Å². The molecular weight excluding hydrogens is 346 g/mol. The molecule has 0 atom stereocenters. The van der Waals surface area contributed by atoms with Crippen LogP contribution in [0.1, 0.15) is 18.4 Å². The normalized spacial score (nSPS) is 14.2. The molecule has 0 amide bonds. The molecule has 4 rings (SSSR count). The lowest BCUT2D eigenvalue weighted by Gasteiger charge is -2.14. The summed E-state index contributed by atoms with van der Waals surface area (Å²) < 4.78 is 9.74. The first-order valence-corrected chi connectivity index (χ1v) is 10.1. The number of benzene rings is 1. The molecule has 0 saturated heterocycles. The average Bonchev–Trinajstić information content (AvgIpc) is 3.40. The maximum atomic E-state index is 12.1. The minimum absolute atomic E-state index is 0.0291. The average molecular weight is 369 g/mol. The molecule has 0 aliphatic heterocycles. The monoisotopic (exact) mass is 369 g/mol. The Morgan fingerprint density at radius 2 is 2.04 bits per heavy atom. The third kappa shape index (κ3) is 3.03. The van der Waals surface area contributed by atoms with Crippen molar-refractivity contribution in [3.05, 3.63) is 40.3 Å². The van der Waals surface area contributed by atoms with E-state index >= 15 is 0 Å². The van der Waals surface area contributed by atoms with E-state index < -0.39 is 0 Å². The first-order valence-electron chi connectivity index (χ1n) is 8.83. The van der Waals surface area contributed by atoms with Gasteiger partial charge in [-0.2, -0.15) is 5.10 Å². The summed E-state index contributed by atoms with van der Waals surface area (Å²) in [7, 11) is 3.75. The molecule has 2 heterocycles. The molecule has 26 heavy (non-hydrogen) atoms. The highest BCUT2D eigenvalue weighted by Gasteiger charge is 2.23. The van der Waals surface area contributed by atoms with Crippen molar-refractivity contribution in [2.45, 2.75) is 24.8 Å². The van der Waals surface area contributed by atoms with E-state index in [1.54, 1.807) is 23.4 Å². The Morgan fingerprint density at radius 1 is 1.27 bits per heavy atom. The number of ether oxygens (including phenoxy) is 1. The fraction of sp³-hybridized carbons (Fsp3) is 0.400. The Labute approximate surface area is 157 Å².